The minimum Gasteiger partial charge on any atom is -0.457 e. The van der Waals surface area contributed by atoms with Crippen LogP contribution in [-0.4, -0.2) is 35.6 Å². The summed E-state index contributed by atoms with van der Waals surface area (Å²) in [4.78, 5) is 34.1. The Morgan fingerprint density at radius 3 is 2.76 bits per heavy atom. The third kappa shape index (κ3) is 4.41. The van der Waals surface area contributed by atoms with Crippen LogP contribution in [0, 0.1) is 6.92 Å². The smallest absolute Gasteiger partial charge is 0.331 e. The number of ether oxygens (including phenoxy) is 1. The summed E-state index contributed by atoms with van der Waals surface area (Å²) in [6.45, 7) is 4.94. The maximum absolute atomic E-state index is 13.5. The summed E-state index contributed by atoms with van der Waals surface area (Å²) in [5.74, 6) is 1.26. The lowest BCUT2D eigenvalue weighted by atomic mass is 10.0. The number of carbonyl (C=O) groups is 2. The van der Waals surface area contributed by atoms with Crippen molar-refractivity contribution in [2.75, 3.05) is 16.8 Å². The van der Waals surface area contributed by atoms with Gasteiger partial charge < -0.3 is 20.7 Å². The highest BCUT2D eigenvalue weighted by atomic mass is 32.1. The van der Waals surface area contributed by atoms with E-state index in [2.05, 4.69) is 27.9 Å². The molecular formula is C28H27N5O3S. The Hall–Kier alpha value is -3.95. The molecule has 2 aliphatic heterocycles. The van der Waals surface area contributed by atoms with Gasteiger partial charge in [0.2, 0.25) is 0 Å². The van der Waals surface area contributed by atoms with Crippen LogP contribution in [0.5, 0.6) is 11.5 Å². The summed E-state index contributed by atoms with van der Waals surface area (Å²) < 4.78 is 5.97. The number of aromatic nitrogens is 1. The van der Waals surface area contributed by atoms with Crippen molar-refractivity contribution in [1.29, 1.82) is 0 Å². The Bertz CT molecular complexity index is 1500. The number of pyridine rings is 1. The number of aryl methyl sites for hydroxylation is 1. The number of thiophene rings is 1. The lowest BCUT2D eigenvalue weighted by molar-refractivity contribution is 0.0930. The summed E-state index contributed by atoms with van der Waals surface area (Å²) in [6, 6.07) is 17.2. The zero-order chi connectivity index (χ0) is 25.5. The van der Waals surface area contributed by atoms with E-state index in [1.807, 2.05) is 61.5 Å². The predicted molar refractivity (Wildman–Crippen MR) is 146 cm³/mol. The maximum Gasteiger partial charge on any atom is 0.331 e. The van der Waals surface area contributed by atoms with Crippen molar-refractivity contribution >= 4 is 50.6 Å². The fourth-order valence-corrected chi connectivity index (χ4v) is 6.09. The zero-order valence-electron chi connectivity index (χ0n) is 20.6. The molecule has 1 fully saturated rings. The van der Waals surface area contributed by atoms with Gasteiger partial charge in [-0.3, -0.25) is 9.69 Å². The van der Waals surface area contributed by atoms with Gasteiger partial charge in [0.05, 0.1) is 22.4 Å². The summed E-state index contributed by atoms with van der Waals surface area (Å²) in [7, 11) is 0. The Morgan fingerprint density at radius 2 is 1.97 bits per heavy atom. The second-order valence-electron chi connectivity index (χ2n) is 9.50. The number of nitrogens with zero attached hydrogens (tertiary/aromatic N) is 2. The van der Waals surface area contributed by atoms with Gasteiger partial charge >= 0.3 is 6.03 Å². The van der Waals surface area contributed by atoms with Gasteiger partial charge in [0.1, 0.15) is 21.2 Å². The highest BCUT2D eigenvalue weighted by molar-refractivity contribution is 7.21. The van der Waals surface area contributed by atoms with Gasteiger partial charge in [0.15, 0.2) is 0 Å². The van der Waals surface area contributed by atoms with Crippen molar-refractivity contribution in [3.05, 3.63) is 71.2 Å². The van der Waals surface area contributed by atoms with E-state index in [-0.39, 0.29) is 18.0 Å². The highest BCUT2D eigenvalue weighted by Gasteiger charge is 2.34. The van der Waals surface area contributed by atoms with Crippen LogP contribution in [0.25, 0.3) is 10.2 Å². The average Bonchev–Trinajstić information content (AvgIpc) is 3.25. The van der Waals surface area contributed by atoms with Crippen LogP contribution < -0.4 is 25.6 Å². The minimum absolute atomic E-state index is 0.101. The molecule has 0 saturated carbocycles. The van der Waals surface area contributed by atoms with E-state index in [1.165, 1.54) is 11.3 Å². The predicted octanol–water partition coefficient (Wildman–Crippen LogP) is 5.95. The van der Waals surface area contributed by atoms with Gasteiger partial charge in [0, 0.05) is 18.3 Å². The maximum atomic E-state index is 13.5. The normalized spacial score (nSPS) is 19.0. The number of benzene rings is 2. The SMILES string of the molecule is Cc1cc(Oc2ccccc2)ccc1N1C(=O)Nc2c(C(=O)NC3CCNC(C)C3)sc3nccc1c23. The molecule has 6 rings (SSSR count). The van der Waals surface area contributed by atoms with Crippen molar-refractivity contribution in [2.24, 2.45) is 0 Å². The molecule has 0 bridgehead atoms. The zero-order valence-corrected chi connectivity index (χ0v) is 21.4. The van der Waals surface area contributed by atoms with E-state index < -0.39 is 0 Å². The van der Waals surface area contributed by atoms with E-state index in [9.17, 15) is 9.59 Å². The quantitative estimate of drug-likeness (QED) is 0.306. The molecule has 1 saturated heterocycles. The Balaban J connectivity index is 1.33. The van der Waals surface area contributed by atoms with Crippen LogP contribution in [0.2, 0.25) is 0 Å². The van der Waals surface area contributed by atoms with Gasteiger partial charge in [-0.1, -0.05) is 18.2 Å². The highest BCUT2D eigenvalue weighted by Crippen LogP contribution is 2.46. The third-order valence-electron chi connectivity index (χ3n) is 6.80. The molecular weight excluding hydrogens is 486 g/mol. The van der Waals surface area contributed by atoms with Gasteiger partial charge in [-0.2, -0.15) is 0 Å². The molecule has 3 amide bonds. The molecule has 2 aromatic carbocycles. The molecule has 2 aliphatic rings. The summed E-state index contributed by atoms with van der Waals surface area (Å²) in [6.07, 6.45) is 3.43. The standard InChI is InChI=1S/C28H27N5O3S/c1-16-14-20(36-19-6-4-3-5-7-19)8-9-21(16)33-22-11-13-30-27-23(22)24(32-28(33)35)25(37-27)26(34)31-18-10-12-29-17(2)15-18/h3-9,11,13-14,17-18,29H,10,12,15H2,1-2H3,(H,31,34)(H,32,35). The van der Waals surface area contributed by atoms with E-state index >= 15 is 0 Å². The molecule has 4 aromatic rings. The van der Waals surface area contributed by atoms with Crippen LogP contribution in [0.4, 0.5) is 21.9 Å². The topological polar surface area (TPSA) is 95.6 Å². The minimum atomic E-state index is -0.317. The molecule has 2 atom stereocenters. The molecule has 4 heterocycles. The van der Waals surface area contributed by atoms with Gasteiger partial charge in [-0.05, 0) is 75.2 Å². The van der Waals surface area contributed by atoms with Crippen LogP contribution in [0.15, 0.2) is 60.8 Å². The number of piperidine rings is 1. The first-order chi connectivity index (χ1) is 18.0. The summed E-state index contributed by atoms with van der Waals surface area (Å²) in [5, 5.41) is 10.3. The number of hydrogen-bond acceptors (Lipinski definition) is 6. The van der Waals surface area contributed by atoms with E-state index in [4.69, 9.17) is 4.74 Å². The van der Waals surface area contributed by atoms with Crippen LogP contribution in [-0.2, 0) is 0 Å². The first-order valence-electron chi connectivity index (χ1n) is 12.4. The van der Waals surface area contributed by atoms with Crippen LogP contribution >= 0.6 is 11.3 Å². The largest absolute Gasteiger partial charge is 0.457 e. The van der Waals surface area contributed by atoms with E-state index in [0.717, 1.165) is 41.8 Å². The molecule has 0 radical (unpaired) electrons. The van der Waals surface area contributed by atoms with E-state index in [0.29, 0.717) is 32.9 Å². The Labute approximate surface area is 218 Å². The van der Waals surface area contributed by atoms with Gasteiger partial charge in [-0.15, -0.1) is 11.3 Å². The lowest BCUT2D eigenvalue weighted by Gasteiger charge is -2.30. The number of rotatable bonds is 5. The molecule has 37 heavy (non-hydrogen) atoms. The second-order valence-corrected chi connectivity index (χ2v) is 10.5. The molecule has 9 heteroatoms. The molecule has 188 valence electrons. The third-order valence-corrected chi connectivity index (χ3v) is 7.90. The fourth-order valence-electron chi connectivity index (χ4n) is 5.06. The molecule has 0 spiro atoms. The number of amides is 3. The Morgan fingerprint density at radius 1 is 1.14 bits per heavy atom. The Kier molecular flexibility index (Phi) is 6.02. The van der Waals surface area contributed by atoms with Crippen molar-refractivity contribution in [3.63, 3.8) is 0 Å². The van der Waals surface area contributed by atoms with Gasteiger partial charge in [0.25, 0.3) is 5.91 Å². The first-order valence-corrected chi connectivity index (χ1v) is 13.2. The second kappa shape index (κ2) is 9.49. The first kappa shape index (κ1) is 23.4. The van der Waals surface area contributed by atoms with Gasteiger partial charge in [-0.25, -0.2) is 9.78 Å². The van der Waals surface area contributed by atoms with Crippen molar-refractivity contribution in [1.82, 2.24) is 15.6 Å². The molecule has 2 aromatic heterocycles. The number of hydrogen-bond donors (Lipinski definition) is 3. The average molecular weight is 514 g/mol. The number of urea groups is 1. The number of para-hydroxylation sites is 1. The lowest BCUT2D eigenvalue weighted by Crippen LogP contribution is -2.46. The van der Waals surface area contributed by atoms with Crippen LogP contribution in [0.1, 0.15) is 35.0 Å². The summed E-state index contributed by atoms with van der Waals surface area (Å²) in [5.41, 5.74) is 2.85. The van der Waals surface area contributed by atoms with Crippen molar-refractivity contribution < 1.29 is 14.3 Å². The monoisotopic (exact) mass is 513 g/mol. The van der Waals surface area contributed by atoms with E-state index in [1.54, 1.807) is 11.1 Å². The molecule has 8 nitrogen and oxygen atoms in total. The van der Waals surface area contributed by atoms with Crippen molar-refractivity contribution in [3.8, 4) is 11.5 Å². The molecule has 0 aliphatic carbocycles. The fraction of sp³-hybridized carbons (Fsp3) is 0.250. The van der Waals surface area contributed by atoms with Crippen LogP contribution in [0.3, 0.4) is 0 Å². The van der Waals surface area contributed by atoms with Crippen molar-refractivity contribution in [2.45, 2.75) is 38.8 Å². The number of anilines is 3. The number of carbonyl (C=O) groups excluding carboxylic acids is 2. The summed E-state index contributed by atoms with van der Waals surface area (Å²) >= 11 is 1.31. The number of nitrogens with one attached hydrogen (secondary N) is 3. The molecule has 3 N–H and O–H groups in total. The molecule has 2 unspecified atom stereocenters.